The number of esters is 2. The molecule has 1 saturated heterocycles. The van der Waals surface area contributed by atoms with Crippen LogP contribution in [0.3, 0.4) is 0 Å². The van der Waals surface area contributed by atoms with Crippen LogP contribution in [-0.2, 0) is 32.9 Å². The lowest BCUT2D eigenvalue weighted by Crippen LogP contribution is -2.53. The van der Waals surface area contributed by atoms with Gasteiger partial charge in [-0.05, 0) is 5.92 Å². The molecule has 1 aliphatic rings. The Hall–Kier alpha value is -0.950. The molecule has 22 heavy (non-hydrogen) atoms. The number of hydrogen-bond donors (Lipinski definition) is 0. The molecule has 128 valence electrons. The van der Waals surface area contributed by atoms with Gasteiger partial charge in [0.25, 0.3) is 0 Å². The van der Waals surface area contributed by atoms with E-state index < -0.39 is 38.0 Å². The second-order valence-corrected chi connectivity index (χ2v) is 7.27. The van der Waals surface area contributed by atoms with Crippen LogP contribution in [0.25, 0.3) is 0 Å². The minimum Gasteiger partial charge on any atom is -0.779 e. The number of carbonyl (C=O) groups excluding carboxylic acids is 2. The van der Waals surface area contributed by atoms with Gasteiger partial charge in [0.1, 0.15) is 14.2 Å². The summed E-state index contributed by atoms with van der Waals surface area (Å²) in [5.74, 6) is -1.40. The van der Waals surface area contributed by atoms with Crippen LogP contribution in [0.2, 0.25) is 0 Å². The maximum Gasteiger partial charge on any atom is 0.303 e. The summed E-state index contributed by atoms with van der Waals surface area (Å²) in [5, 5.41) is 0. The fourth-order valence-corrected chi connectivity index (χ4v) is 2.82. The van der Waals surface area contributed by atoms with Gasteiger partial charge in [-0.3, -0.25) is 9.59 Å². The van der Waals surface area contributed by atoms with Gasteiger partial charge in [0.05, 0.1) is 6.10 Å². The normalized spacial score (nSPS) is 34.5. The van der Waals surface area contributed by atoms with Crippen molar-refractivity contribution in [2.24, 2.45) is 11.8 Å². The van der Waals surface area contributed by atoms with Crippen molar-refractivity contribution in [3.8, 4) is 0 Å². The highest BCUT2D eigenvalue weighted by molar-refractivity contribution is 7.50. The van der Waals surface area contributed by atoms with Crippen molar-refractivity contribution in [1.82, 2.24) is 0 Å². The van der Waals surface area contributed by atoms with Gasteiger partial charge in [-0.2, -0.15) is 0 Å². The van der Waals surface area contributed by atoms with Crippen molar-refractivity contribution >= 4 is 19.5 Å². The largest absolute Gasteiger partial charge is 0.779 e. The van der Waals surface area contributed by atoms with Crippen molar-refractivity contribution < 1.29 is 37.8 Å². The second-order valence-electron chi connectivity index (χ2n) is 5.51. The Morgan fingerprint density at radius 3 is 2.23 bits per heavy atom. The highest BCUT2D eigenvalue weighted by atomic mass is 31.2. The van der Waals surface area contributed by atoms with Gasteiger partial charge in [-0.1, -0.05) is 13.8 Å². The molecule has 1 fully saturated rings. The molecule has 0 spiro atoms. The maximum absolute atomic E-state index is 11.4. The lowest BCUT2D eigenvalue weighted by Gasteiger charge is -2.44. The van der Waals surface area contributed by atoms with Crippen LogP contribution in [0.5, 0.6) is 0 Å². The monoisotopic (exact) mass is 337 g/mol. The number of carbonyl (C=O) groups is 2. The topological polar surface area (TPSA) is 111 Å². The molecule has 8 nitrogen and oxygen atoms in total. The Bertz CT molecular complexity index is 457. The molecule has 0 aromatic rings. The molecule has 0 aliphatic carbocycles. The van der Waals surface area contributed by atoms with Crippen LogP contribution in [-0.4, -0.2) is 43.7 Å². The zero-order valence-electron chi connectivity index (χ0n) is 13.3. The van der Waals surface area contributed by atoms with Crippen molar-refractivity contribution in [3.05, 3.63) is 0 Å². The number of ether oxygens (including phenoxy) is 3. The zero-order chi connectivity index (χ0) is 17.1. The average molecular weight is 337 g/mol. The Morgan fingerprint density at radius 1 is 1.18 bits per heavy atom. The quantitative estimate of drug-likeness (QED) is 0.532. The summed E-state index contributed by atoms with van der Waals surface area (Å²) in [4.78, 5) is 33.5. The minimum absolute atomic E-state index is 0.0274. The van der Waals surface area contributed by atoms with E-state index in [9.17, 15) is 19.0 Å². The Kier molecular flexibility index (Phi) is 6.55. The van der Waals surface area contributed by atoms with Gasteiger partial charge in [0.15, 0.2) is 6.10 Å². The molecular formula is C13H22O8P-. The molecule has 1 heterocycles. The first-order valence-electron chi connectivity index (χ1n) is 6.94. The van der Waals surface area contributed by atoms with E-state index >= 15 is 0 Å². The molecule has 0 aromatic heterocycles. The van der Waals surface area contributed by atoms with Gasteiger partial charge in [-0.15, -0.1) is 0 Å². The van der Waals surface area contributed by atoms with E-state index in [1.165, 1.54) is 13.8 Å². The first-order valence-corrected chi connectivity index (χ1v) is 8.93. The molecule has 6 atom stereocenters. The molecule has 9 heteroatoms. The van der Waals surface area contributed by atoms with Crippen molar-refractivity contribution in [2.75, 3.05) is 13.3 Å². The van der Waals surface area contributed by atoms with Crippen LogP contribution in [0.4, 0.5) is 0 Å². The molecule has 0 N–H and O–H groups in total. The Balaban J connectivity index is 2.91. The lowest BCUT2D eigenvalue weighted by molar-refractivity contribution is -0.277. The first kappa shape index (κ1) is 19.1. The molecular weight excluding hydrogens is 315 g/mol. The second kappa shape index (κ2) is 7.55. The SMILES string of the molecule is CC(=O)OCC1OC(OP(C)(=O)[O-])C(OC(C)=O)[C@@H](C)[C@@H]1C. The predicted molar refractivity (Wildman–Crippen MR) is 73.8 cm³/mol. The molecule has 0 bridgehead atoms. The van der Waals surface area contributed by atoms with Crippen molar-refractivity contribution in [3.63, 3.8) is 0 Å². The van der Waals surface area contributed by atoms with Gasteiger partial charge in [0.2, 0.25) is 6.29 Å². The molecule has 1 rings (SSSR count). The molecule has 0 radical (unpaired) electrons. The van der Waals surface area contributed by atoms with E-state index in [0.717, 1.165) is 6.66 Å². The van der Waals surface area contributed by atoms with E-state index in [4.69, 9.17) is 18.7 Å². The van der Waals surface area contributed by atoms with Gasteiger partial charge < -0.3 is 28.2 Å². The van der Waals surface area contributed by atoms with E-state index in [1.807, 2.05) is 6.92 Å². The standard InChI is InChI=1S/C13H23O8P/c1-7-8(2)12(19-10(4)15)13(21-22(5,16)17)20-11(7)6-18-9(3)14/h7-8,11-13H,6H2,1-5H3,(H,16,17)/p-1/t7-,8-,11?,12?,13?/m0/s1. The van der Waals surface area contributed by atoms with Gasteiger partial charge in [0, 0.05) is 26.4 Å². The van der Waals surface area contributed by atoms with Crippen LogP contribution in [0.1, 0.15) is 27.7 Å². The van der Waals surface area contributed by atoms with E-state index in [2.05, 4.69) is 0 Å². The fraction of sp³-hybridized carbons (Fsp3) is 0.846. The van der Waals surface area contributed by atoms with Crippen LogP contribution in [0, 0.1) is 11.8 Å². The van der Waals surface area contributed by atoms with E-state index in [1.54, 1.807) is 6.92 Å². The number of rotatable bonds is 5. The van der Waals surface area contributed by atoms with E-state index in [-0.39, 0.29) is 18.4 Å². The third kappa shape index (κ3) is 5.68. The summed E-state index contributed by atoms with van der Waals surface area (Å²) in [6, 6.07) is 0. The van der Waals surface area contributed by atoms with Crippen molar-refractivity contribution in [2.45, 2.75) is 46.2 Å². The smallest absolute Gasteiger partial charge is 0.303 e. The van der Waals surface area contributed by atoms with E-state index in [0.29, 0.717) is 0 Å². The molecule has 0 aromatic carbocycles. The minimum atomic E-state index is -4.10. The van der Waals surface area contributed by atoms with Crippen molar-refractivity contribution in [1.29, 1.82) is 0 Å². The highest BCUT2D eigenvalue weighted by Crippen LogP contribution is 2.41. The summed E-state index contributed by atoms with van der Waals surface area (Å²) in [6.45, 7) is 7.01. The lowest BCUT2D eigenvalue weighted by atomic mass is 9.83. The molecule has 0 saturated carbocycles. The van der Waals surface area contributed by atoms with Crippen LogP contribution >= 0.6 is 7.60 Å². The summed E-state index contributed by atoms with van der Waals surface area (Å²) >= 11 is 0. The van der Waals surface area contributed by atoms with Gasteiger partial charge in [-0.25, -0.2) is 0 Å². The average Bonchev–Trinajstić information content (AvgIpc) is 2.34. The van der Waals surface area contributed by atoms with Gasteiger partial charge >= 0.3 is 11.9 Å². The molecule has 4 unspecified atom stereocenters. The first-order chi connectivity index (χ1) is 10.0. The summed E-state index contributed by atoms with van der Waals surface area (Å²) in [7, 11) is -4.10. The Morgan fingerprint density at radius 2 is 1.77 bits per heavy atom. The summed E-state index contributed by atoms with van der Waals surface area (Å²) < 4.78 is 31.9. The summed E-state index contributed by atoms with van der Waals surface area (Å²) in [6.07, 6.45) is -2.67. The summed E-state index contributed by atoms with van der Waals surface area (Å²) in [5.41, 5.74) is 0. The molecule has 0 amide bonds. The maximum atomic E-state index is 11.4. The highest BCUT2D eigenvalue weighted by Gasteiger charge is 2.45. The fourth-order valence-electron chi connectivity index (χ4n) is 2.28. The predicted octanol–water partition coefficient (Wildman–Crippen LogP) is 0.678. The van der Waals surface area contributed by atoms with Crippen LogP contribution in [0.15, 0.2) is 0 Å². The Labute approximate surface area is 129 Å². The number of hydrogen-bond acceptors (Lipinski definition) is 8. The zero-order valence-corrected chi connectivity index (χ0v) is 14.2. The third-order valence-electron chi connectivity index (χ3n) is 3.56. The molecule has 1 aliphatic heterocycles. The third-order valence-corrected chi connectivity index (χ3v) is 4.15. The van der Waals surface area contributed by atoms with Crippen LogP contribution < -0.4 is 4.89 Å².